The Morgan fingerprint density at radius 3 is 2.53 bits per heavy atom. The minimum atomic E-state index is 0.886. The maximum atomic E-state index is 4.71. The second-order valence-electron chi connectivity index (χ2n) is 3.81. The zero-order valence-corrected chi connectivity index (χ0v) is 13.0. The van der Waals surface area contributed by atoms with E-state index in [4.69, 9.17) is 4.98 Å². The molecule has 0 amide bonds. The Kier molecular flexibility index (Phi) is 4.05. The van der Waals surface area contributed by atoms with Crippen molar-refractivity contribution in [3.63, 3.8) is 0 Å². The number of pyridine rings is 1. The topological polar surface area (TPSA) is 24.9 Å². The normalized spacial score (nSPS) is 10.8. The molecule has 0 aliphatic heterocycles. The maximum Gasteiger partial charge on any atom is 0.129 e. The van der Waals surface area contributed by atoms with E-state index in [9.17, 15) is 0 Å². The van der Waals surface area contributed by atoms with E-state index in [0.717, 1.165) is 38.6 Å². The van der Waals surface area contributed by atoms with Gasteiger partial charge in [-0.25, -0.2) is 4.98 Å². The number of rotatable bonds is 3. The number of nitrogens with one attached hydrogen (secondary N) is 1. The summed E-state index contributed by atoms with van der Waals surface area (Å²) >= 11 is 7.13. The van der Waals surface area contributed by atoms with Crippen LogP contribution in [0.4, 0.5) is 5.82 Å². The van der Waals surface area contributed by atoms with Crippen molar-refractivity contribution in [1.29, 1.82) is 0 Å². The van der Waals surface area contributed by atoms with Crippen molar-refractivity contribution >= 4 is 48.6 Å². The quantitative estimate of drug-likeness (QED) is 0.856. The minimum absolute atomic E-state index is 0.886. The molecule has 1 N–H and O–H groups in total. The molecule has 1 heterocycles. The van der Waals surface area contributed by atoms with E-state index in [1.54, 1.807) is 0 Å². The maximum absolute atomic E-state index is 4.71. The second kappa shape index (κ2) is 5.36. The minimum Gasteiger partial charge on any atom is -0.370 e. The third-order valence-corrected chi connectivity index (χ3v) is 4.02. The van der Waals surface area contributed by atoms with Crippen molar-refractivity contribution < 1.29 is 0 Å². The molecule has 4 heteroatoms. The molecule has 0 saturated carbocycles. The van der Waals surface area contributed by atoms with Crippen molar-refractivity contribution in [3.8, 4) is 0 Å². The number of benzene rings is 1. The van der Waals surface area contributed by atoms with Crippen LogP contribution in [0.15, 0.2) is 27.1 Å². The molecule has 0 bridgehead atoms. The number of aryl methyl sites for hydroxylation is 1. The Labute approximate surface area is 118 Å². The van der Waals surface area contributed by atoms with E-state index in [1.807, 2.05) is 12.1 Å². The lowest BCUT2D eigenvalue weighted by atomic mass is 10.1. The van der Waals surface area contributed by atoms with Crippen LogP contribution >= 0.6 is 31.9 Å². The second-order valence-corrected chi connectivity index (χ2v) is 5.51. The molecule has 0 atom stereocenters. The van der Waals surface area contributed by atoms with E-state index < -0.39 is 0 Å². The van der Waals surface area contributed by atoms with E-state index in [0.29, 0.717) is 0 Å². The van der Waals surface area contributed by atoms with Crippen LogP contribution in [0.5, 0.6) is 0 Å². The van der Waals surface area contributed by atoms with Crippen LogP contribution in [-0.2, 0) is 6.42 Å². The molecule has 0 spiro atoms. The summed E-state index contributed by atoms with van der Waals surface area (Å²) in [5, 5.41) is 4.47. The van der Waals surface area contributed by atoms with E-state index in [1.165, 1.54) is 5.56 Å². The molecule has 0 aliphatic rings. The highest BCUT2D eigenvalue weighted by Crippen LogP contribution is 2.32. The predicted molar refractivity (Wildman–Crippen MR) is 80.7 cm³/mol. The summed E-state index contributed by atoms with van der Waals surface area (Å²) in [6, 6.07) is 6.26. The summed E-state index contributed by atoms with van der Waals surface area (Å²) in [7, 11) is 0. The van der Waals surface area contributed by atoms with Crippen LogP contribution in [0.3, 0.4) is 0 Å². The molecular formula is C13H14Br2N2. The average molecular weight is 358 g/mol. The summed E-state index contributed by atoms with van der Waals surface area (Å²) in [6.07, 6.45) is 0.976. The zero-order valence-electron chi connectivity index (χ0n) is 9.85. The number of hydrogen-bond donors (Lipinski definition) is 1. The lowest BCUT2D eigenvalue weighted by Crippen LogP contribution is -2.03. The van der Waals surface area contributed by atoms with Gasteiger partial charge in [-0.3, -0.25) is 0 Å². The van der Waals surface area contributed by atoms with Gasteiger partial charge >= 0.3 is 0 Å². The largest absolute Gasteiger partial charge is 0.370 e. The van der Waals surface area contributed by atoms with Gasteiger partial charge in [0.25, 0.3) is 0 Å². The van der Waals surface area contributed by atoms with Crippen molar-refractivity contribution in [2.24, 2.45) is 0 Å². The molecule has 1 aromatic heterocycles. The summed E-state index contributed by atoms with van der Waals surface area (Å²) in [5.74, 6) is 0.987. The highest BCUT2D eigenvalue weighted by Gasteiger charge is 2.09. The highest BCUT2D eigenvalue weighted by atomic mass is 79.9. The summed E-state index contributed by atoms with van der Waals surface area (Å²) in [5.41, 5.74) is 2.24. The molecule has 2 rings (SSSR count). The fraction of sp³-hybridized carbons (Fsp3) is 0.308. The van der Waals surface area contributed by atoms with Gasteiger partial charge in [0.05, 0.1) is 5.52 Å². The SMILES string of the molecule is CCNc1nc2c(Br)ccc(Br)c2cc1CC. The molecule has 0 unspecified atom stereocenters. The predicted octanol–water partition coefficient (Wildman–Crippen LogP) is 4.75. The lowest BCUT2D eigenvalue weighted by molar-refractivity contribution is 1.08. The first-order valence-electron chi connectivity index (χ1n) is 5.68. The van der Waals surface area contributed by atoms with Gasteiger partial charge in [-0.05, 0) is 53.0 Å². The summed E-state index contributed by atoms with van der Waals surface area (Å²) in [4.78, 5) is 4.71. The lowest BCUT2D eigenvalue weighted by Gasteiger charge is -2.11. The molecule has 0 saturated heterocycles. The summed E-state index contributed by atoms with van der Waals surface area (Å²) < 4.78 is 2.11. The van der Waals surface area contributed by atoms with Crippen molar-refractivity contribution in [1.82, 2.24) is 4.98 Å². The van der Waals surface area contributed by atoms with E-state index in [-0.39, 0.29) is 0 Å². The molecule has 0 radical (unpaired) electrons. The van der Waals surface area contributed by atoms with Crippen LogP contribution in [-0.4, -0.2) is 11.5 Å². The fourth-order valence-electron chi connectivity index (χ4n) is 1.82. The smallest absolute Gasteiger partial charge is 0.129 e. The van der Waals surface area contributed by atoms with Crippen LogP contribution in [0, 0.1) is 0 Å². The zero-order chi connectivity index (χ0) is 12.4. The number of nitrogens with zero attached hydrogens (tertiary/aromatic N) is 1. The first-order chi connectivity index (χ1) is 8.17. The van der Waals surface area contributed by atoms with Gasteiger partial charge in [-0.2, -0.15) is 0 Å². The Hall–Kier alpha value is -0.610. The standard InChI is InChI=1S/C13H14Br2N2/c1-3-8-7-9-10(14)5-6-11(15)12(9)17-13(8)16-4-2/h5-7H,3-4H2,1-2H3,(H,16,17). The Morgan fingerprint density at radius 1 is 1.18 bits per heavy atom. The van der Waals surface area contributed by atoms with Gasteiger partial charge in [0.1, 0.15) is 5.82 Å². The Bertz CT molecular complexity index is 553. The third-order valence-electron chi connectivity index (χ3n) is 2.69. The Morgan fingerprint density at radius 2 is 1.88 bits per heavy atom. The summed E-state index contributed by atoms with van der Waals surface area (Å²) in [6.45, 7) is 5.12. The van der Waals surface area contributed by atoms with Gasteiger partial charge in [-0.1, -0.05) is 22.9 Å². The molecule has 90 valence electrons. The van der Waals surface area contributed by atoms with E-state index >= 15 is 0 Å². The third kappa shape index (κ3) is 2.47. The number of fused-ring (bicyclic) bond motifs is 1. The molecular weight excluding hydrogens is 344 g/mol. The molecule has 0 aliphatic carbocycles. The number of anilines is 1. The highest BCUT2D eigenvalue weighted by molar-refractivity contribution is 9.11. The molecule has 1 aromatic carbocycles. The first kappa shape index (κ1) is 12.8. The van der Waals surface area contributed by atoms with Crippen LogP contribution in [0.25, 0.3) is 10.9 Å². The number of hydrogen-bond acceptors (Lipinski definition) is 2. The van der Waals surface area contributed by atoms with Crippen molar-refractivity contribution in [2.45, 2.75) is 20.3 Å². The molecule has 2 nitrogen and oxygen atoms in total. The molecule has 2 aromatic rings. The monoisotopic (exact) mass is 356 g/mol. The van der Waals surface area contributed by atoms with Crippen LogP contribution in [0.1, 0.15) is 19.4 Å². The average Bonchev–Trinajstić information content (AvgIpc) is 2.34. The molecule has 17 heavy (non-hydrogen) atoms. The van der Waals surface area contributed by atoms with Gasteiger partial charge in [0.15, 0.2) is 0 Å². The number of aromatic nitrogens is 1. The van der Waals surface area contributed by atoms with Crippen LogP contribution < -0.4 is 5.32 Å². The first-order valence-corrected chi connectivity index (χ1v) is 7.27. The van der Waals surface area contributed by atoms with Crippen molar-refractivity contribution in [3.05, 3.63) is 32.7 Å². The van der Waals surface area contributed by atoms with E-state index in [2.05, 4.69) is 57.1 Å². The van der Waals surface area contributed by atoms with Crippen LogP contribution in [0.2, 0.25) is 0 Å². The van der Waals surface area contributed by atoms with Gasteiger partial charge < -0.3 is 5.32 Å². The fourth-order valence-corrected chi connectivity index (χ4v) is 2.69. The van der Waals surface area contributed by atoms with Crippen molar-refractivity contribution in [2.75, 3.05) is 11.9 Å². The molecule has 0 fully saturated rings. The Balaban J connectivity index is 2.73. The van der Waals surface area contributed by atoms with Gasteiger partial charge in [0.2, 0.25) is 0 Å². The van der Waals surface area contributed by atoms with Gasteiger partial charge in [-0.15, -0.1) is 0 Å². The number of halogens is 2. The van der Waals surface area contributed by atoms with Gasteiger partial charge in [0, 0.05) is 20.9 Å².